The Kier molecular flexibility index (Phi) is 3.89. The van der Waals surface area contributed by atoms with Crippen LogP contribution in [0.2, 0.25) is 5.02 Å². The van der Waals surface area contributed by atoms with Crippen LogP contribution in [0.15, 0.2) is 48.5 Å². The van der Waals surface area contributed by atoms with Crippen molar-refractivity contribution < 1.29 is 0 Å². The fourth-order valence-corrected chi connectivity index (χ4v) is 3.27. The summed E-state index contributed by atoms with van der Waals surface area (Å²) in [5.41, 5.74) is 3.99. The lowest BCUT2D eigenvalue weighted by molar-refractivity contribution is 0.444. The predicted octanol–water partition coefficient (Wildman–Crippen LogP) is 6.05. The molecule has 3 rings (SSSR count). The van der Waals surface area contributed by atoms with E-state index in [2.05, 4.69) is 30.3 Å². The van der Waals surface area contributed by atoms with E-state index in [-0.39, 0.29) is 0 Å². The lowest BCUT2D eigenvalue weighted by atomic mass is 9.83. The Morgan fingerprint density at radius 1 is 0.789 bits per heavy atom. The topological polar surface area (TPSA) is 0 Å². The highest BCUT2D eigenvalue weighted by molar-refractivity contribution is 6.30. The minimum atomic E-state index is 0.757. The van der Waals surface area contributed by atoms with Crippen LogP contribution in [-0.2, 0) is 0 Å². The van der Waals surface area contributed by atoms with E-state index < -0.39 is 0 Å². The van der Waals surface area contributed by atoms with E-state index in [4.69, 9.17) is 11.6 Å². The van der Waals surface area contributed by atoms with Crippen LogP contribution >= 0.6 is 11.6 Å². The first-order valence-electron chi connectivity index (χ1n) is 7.19. The van der Waals surface area contributed by atoms with Crippen LogP contribution in [0, 0.1) is 0 Å². The molecule has 0 amide bonds. The molecule has 2 aromatic carbocycles. The number of halogens is 1. The highest BCUT2D eigenvalue weighted by atomic mass is 35.5. The summed E-state index contributed by atoms with van der Waals surface area (Å²) in [6.07, 6.45) is 6.86. The van der Waals surface area contributed by atoms with E-state index in [0.29, 0.717) is 0 Å². The second-order valence-corrected chi connectivity index (χ2v) is 5.91. The molecule has 0 aliphatic heterocycles. The van der Waals surface area contributed by atoms with E-state index in [1.54, 1.807) is 0 Å². The van der Waals surface area contributed by atoms with Gasteiger partial charge in [0.2, 0.25) is 0 Å². The fourth-order valence-electron chi connectivity index (χ4n) is 3.08. The fraction of sp³-hybridized carbons (Fsp3) is 0.333. The first-order valence-corrected chi connectivity index (χ1v) is 7.56. The van der Waals surface area contributed by atoms with Gasteiger partial charge in [0.25, 0.3) is 0 Å². The molecule has 1 aliphatic carbocycles. The van der Waals surface area contributed by atoms with E-state index in [0.717, 1.165) is 10.9 Å². The Morgan fingerprint density at radius 3 is 2.21 bits per heavy atom. The van der Waals surface area contributed by atoms with Crippen LogP contribution in [0.4, 0.5) is 0 Å². The summed E-state index contributed by atoms with van der Waals surface area (Å²) in [6, 6.07) is 17.1. The Balaban J connectivity index is 1.91. The van der Waals surface area contributed by atoms with E-state index in [1.165, 1.54) is 48.8 Å². The lowest BCUT2D eigenvalue weighted by Gasteiger charge is -2.22. The van der Waals surface area contributed by atoms with Gasteiger partial charge >= 0.3 is 0 Å². The van der Waals surface area contributed by atoms with Gasteiger partial charge in [0.05, 0.1) is 0 Å². The second-order valence-electron chi connectivity index (χ2n) is 5.47. The smallest absolute Gasteiger partial charge is 0.0412 e. The average molecular weight is 271 g/mol. The quantitative estimate of drug-likeness (QED) is 0.623. The maximum atomic E-state index is 6.08. The zero-order valence-corrected chi connectivity index (χ0v) is 11.9. The molecule has 98 valence electrons. The summed E-state index contributed by atoms with van der Waals surface area (Å²) in [4.78, 5) is 0. The van der Waals surface area contributed by atoms with E-state index >= 15 is 0 Å². The number of benzene rings is 2. The molecule has 0 bridgehead atoms. The number of rotatable bonds is 2. The molecule has 0 radical (unpaired) electrons. The molecule has 0 N–H and O–H groups in total. The summed E-state index contributed by atoms with van der Waals surface area (Å²) in [5, 5.41) is 0.806. The average Bonchev–Trinajstić information content (AvgIpc) is 2.48. The van der Waals surface area contributed by atoms with Gasteiger partial charge in [-0.3, -0.25) is 0 Å². The van der Waals surface area contributed by atoms with Crippen molar-refractivity contribution >= 4 is 11.6 Å². The van der Waals surface area contributed by atoms with Crippen LogP contribution in [0.1, 0.15) is 43.6 Å². The molecule has 0 atom stereocenters. The van der Waals surface area contributed by atoms with Gasteiger partial charge in [0, 0.05) is 5.02 Å². The van der Waals surface area contributed by atoms with Crippen molar-refractivity contribution in [1.29, 1.82) is 0 Å². The molecule has 0 aromatic heterocycles. The molecule has 1 fully saturated rings. The van der Waals surface area contributed by atoms with Gasteiger partial charge < -0.3 is 0 Å². The summed E-state index contributed by atoms with van der Waals surface area (Å²) >= 11 is 6.08. The molecule has 1 aliphatic rings. The van der Waals surface area contributed by atoms with Crippen molar-refractivity contribution in [3.8, 4) is 11.1 Å². The van der Waals surface area contributed by atoms with Crippen LogP contribution in [0.25, 0.3) is 11.1 Å². The number of hydrogen-bond acceptors (Lipinski definition) is 0. The third-order valence-corrected chi connectivity index (χ3v) is 4.36. The molecule has 0 unspecified atom stereocenters. The van der Waals surface area contributed by atoms with Crippen molar-refractivity contribution in [3.63, 3.8) is 0 Å². The Morgan fingerprint density at radius 2 is 1.47 bits per heavy atom. The zero-order valence-electron chi connectivity index (χ0n) is 11.1. The molecule has 0 spiro atoms. The minimum Gasteiger partial charge on any atom is -0.0843 e. The summed E-state index contributed by atoms with van der Waals surface area (Å²) in [6.45, 7) is 0. The Bertz CT molecular complexity index is 553. The third kappa shape index (κ3) is 3.01. The molecule has 0 nitrogen and oxygen atoms in total. The normalized spacial score (nSPS) is 16.5. The van der Waals surface area contributed by atoms with Crippen LogP contribution in [-0.4, -0.2) is 0 Å². The van der Waals surface area contributed by atoms with Gasteiger partial charge in [-0.25, -0.2) is 0 Å². The maximum absolute atomic E-state index is 6.08. The first kappa shape index (κ1) is 12.7. The van der Waals surface area contributed by atoms with Crippen molar-refractivity contribution in [2.75, 3.05) is 0 Å². The van der Waals surface area contributed by atoms with E-state index in [1.807, 2.05) is 18.2 Å². The van der Waals surface area contributed by atoms with Crippen LogP contribution < -0.4 is 0 Å². The second kappa shape index (κ2) is 5.79. The standard InChI is InChI=1S/C18H19Cl/c19-18-11-5-10-17(13-18)16-9-4-8-15(12-16)14-6-2-1-3-7-14/h4-5,8-14H,1-3,6-7H2. The van der Waals surface area contributed by atoms with Crippen molar-refractivity contribution in [2.45, 2.75) is 38.0 Å². The van der Waals surface area contributed by atoms with Gasteiger partial charge in [-0.15, -0.1) is 0 Å². The van der Waals surface area contributed by atoms with Gasteiger partial charge in [-0.2, -0.15) is 0 Å². The maximum Gasteiger partial charge on any atom is 0.0412 e. The number of hydrogen-bond donors (Lipinski definition) is 0. The van der Waals surface area contributed by atoms with Crippen LogP contribution in [0.5, 0.6) is 0 Å². The molecular weight excluding hydrogens is 252 g/mol. The molecule has 0 saturated heterocycles. The SMILES string of the molecule is Clc1cccc(-c2cccc(C3CCCCC3)c2)c1. The molecular formula is C18H19Cl. The van der Waals surface area contributed by atoms with Crippen molar-refractivity contribution in [3.05, 3.63) is 59.1 Å². The highest BCUT2D eigenvalue weighted by Gasteiger charge is 2.15. The largest absolute Gasteiger partial charge is 0.0843 e. The Hall–Kier alpha value is -1.27. The summed E-state index contributed by atoms with van der Waals surface area (Å²) < 4.78 is 0. The van der Waals surface area contributed by atoms with Gasteiger partial charge in [-0.1, -0.05) is 67.3 Å². The minimum absolute atomic E-state index is 0.757. The van der Waals surface area contributed by atoms with Gasteiger partial charge in [0.15, 0.2) is 0 Å². The predicted molar refractivity (Wildman–Crippen MR) is 82.7 cm³/mol. The lowest BCUT2D eigenvalue weighted by Crippen LogP contribution is -2.04. The summed E-state index contributed by atoms with van der Waals surface area (Å²) in [7, 11) is 0. The van der Waals surface area contributed by atoms with Gasteiger partial charge in [-0.05, 0) is 47.6 Å². The van der Waals surface area contributed by atoms with Crippen LogP contribution in [0.3, 0.4) is 0 Å². The molecule has 2 aromatic rings. The monoisotopic (exact) mass is 270 g/mol. The van der Waals surface area contributed by atoms with E-state index in [9.17, 15) is 0 Å². The van der Waals surface area contributed by atoms with Gasteiger partial charge in [0.1, 0.15) is 0 Å². The summed E-state index contributed by atoms with van der Waals surface area (Å²) in [5.74, 6) is 0.757. The molecule has 0 heterocycles. The first-order chi connectivity index (χ1) is 9.33. The zero-order chi connectivity index (χ0) is 13.1. The molecule has 19 heavy (non-hydrogen) atoms. The third-order valence-electron chi connectivity index (χ3n) is 4.12. The van der Waals surface area contributed by atoms with Crippen molar-refractivity contribution in [1.82, 2.24) is 0 Å². The highest BCUT2D eigenvalue weighted by Crippen LogP contribution is 2.34. The molecule has 1 heteroatoms. The van der Waals surface area contributed by atoms with Crippen molar-refractivity contribution in [2.24, 2.45) is 0 Å². The molecule has 1 saturated carbocycles. The Labute approximate surface area is 120 Å².